The van der Waals surface area contributed by atoms with Crippen molar-refractivity contribution in [2.75, 3.05) is 19.7 Å². The molecule has 1 atom stereocenters. The van der Waals surface area contributed by atoms with Crippen LogP contribution in [-0.2, 0) is 11.2 Å². The predicted octanol–water partition coefficient (Wildman–Crippen LogP) is 2.42. The molecule has 1 fully saturated rings. The van der Waals surface area contributed by atoms with Crippen molar-refractivity contribution in [2.45, 2.75) is 45.2 Å². The molecule has 5 heteroatoms. The molecule has 1 saturated heterocycles. The molecule has 1 aliphatic rings. The van der Waals surface area contributed by atoms with Crippen LogP contribution in [-0.4, -0.2) is 42.8 Å². The van der Waals surface area contributed by atoms with Gasteiger partial charge in [-0.15, -0.1) is 0 Å². The van der Waals surface area contributed by atoms with E-state index in [4.69, 9.17) is 9.15 Å². The second-order valence-electron chi connectivity index (χ2n) is 5.31. The molecule has 0 saturated carbocycles. The predicted molar refractivity (Wildman–Crippen MR) is 76.6 cm³/mol. The first-order valence-electron chi connectivity index (χ1n) is 7.39. The molecule has 0 aromatic carbocycles. The lowest BCUT2D eigenvalue weighted by Crippen LogP contribution is -2.47. The Morgan fingerprint density at radius 3 is 2.90 bits per heavy atom. The van der Waals surface area contributed by atoms with E-state index in [0.717, 1.165) is 38.1 Å². The van der Waals surface area contributed by atoms with Crippen molar-refractivity contribution < 1.29 is 13.9 Å². The van der Waals surface area contributed by atoms with Crippen LogP contribution in [0.5, 0.6) is 0 Å². The van der Waals surface area contributed by atoms with E-state index in [1.807, 2.05) is 19.1 Å². The van der Waals surface area contributed by atoms with Gasteiger partial charge in [-0.2, -0.15) is 0 Å². The van der Waals surface area contributed by atoms with Crippen molar-refractivity contribution >= 4 is 6.09 Å². The molecule has 1 aromatic heterocycles. The van der Waals surface area contributed by atoms with Crippen LogP contribution in [0.25, 0.3) is 0 Å². The van der Waals surface area contributed by atoms with Crippen molar-refractivity contribution in [1.29, 1.82) is 0 Å². The van der Waals surface area contributed by atoms with Gasteiger partial charge in [-0.3, -0.25) is 0 Å². The maximum absolute atomic E-state index is 11.6. The number of amides is 1. The lowest BCUT2D eigenvalue weighted by molar-refractivity contribution is 0.0943. The summed E-state index contributed by atoms with van der Waals surface area (Å²) in [5, 5.41) is 3.61. The first-order chi connectivity index (χ1) is 9.69. The fraction of sp³-hybridized carbons (Fsp3) is 0.667. The van der Waals surface area contributed by atoms with Crippen molar-refractivity contribution in [2.24, 2.45) is 0 Å². The van der Waals surface area contributed by atoms with E-state index < -0.39 is 0 Å². The van der Waals surface area contributed by atoms with Gasteiger partial charge < -0.3 is 19.4 Å². The monoisotopic (exact) mass is 280 g/mol. The summed E-state index contributed by atoms with van der Waals surface area (Å²) in [6.07, 6.45) is 4.36. The molecule has 2 heterocycles. The van der Waals surface area contributed by atoms with Crippen LogP contribution in [0, 0.1) is 0 Å². The van der Waals surface area contributed by atoms with Gasteiger partial charge in [0.05, 0.1) is 12.9 Å². The second kappa shape index (κ2) is 7.33. The zero-order valence-electron chi connectivity index (χ0n) is 12.3. The molecule has 1 aliphatic heterocycles. The maximum Gasteiger partial charge on any atom is 0.409 e. The van der Waals surface area contributed by atoms with Gasteiger partial charge in [0.1, 0.15) is 5.76 Å². The Hall–Kier alpha value is -1.49. The molecule has 1 amide bonds. The topological polar surface area (TPSA) is 54.7 Å². The van der Waals surface area contributed by atoms with Crippen LogP contribution in [0.1, 0.15) is 32.4 Å². The average molecular weight is 280 g/mol. The number of furan rings is 1. The van der Waals surface area contributed by atoms with Crippen LogP contribution >= 0.6 is 0 Å². The highest BCUT2D eigenvalue weighted by molar-refractivity contribution is 5.67. The highest BCUT2D eigenvalue weighted by atomic mass is 16.6. The Morgan fingerprint density at radius 2 is 2.30 bits per heavy atom. The van der Waals surface area contributed by atoms with Crippen LogP contribution in [0.4, 0.5) is 4.79 Å². The Bertz CT molecular complexity index is 397. The van der Waals surface area contributed by atoms with Gasteiger partial charge in [-0.25, -0.2) is 4.79 Å². The van der Waals surface area contributed by atoms with E-state index in [2.05, 4.69) is 12.2 Å². The number of carbonyl (C=O) groups is 1. The van der Waals surface area contributed by atoms with Crippen LogP contribution < -0.4 is 5.32 Å². The third-order valence-corrected chi connectivity index (χ3v) is 3.63. The Kier molecular flexibility index (Phi) is 5.47. The standard InChI is InChI=1S/C15H24N2O3/c1-3-19-15(18)17-8-6-13(7-9-17)16-12(2)11-14-5-4-10-20-14/h4-5,10,12-13,16H,3,6-9,11H2,1-2H3. The maximum atomic E-state index is 11.6. The minimum atomic E-state index is -0.186. The summed E-state index contributed by atoms with van der Waals surface area (Å²) in [6.45, 7) is 5.98. The Labute approximate surface area is 120 Å². The summed E-state index contributed by atoms with van der Waals surface area (Å²) in [4.78, 5) is 13.4. The van der Waals surface area contributed by atoms with E-state index in [0.29, 0.717) is 18.7 Å². The number of nitrogens with zero attached hydrogens (tertiary/aromatic N) is 1. The van der Waals surface area contributed by atoms with Crippen LogP contribution in [0.15, 0.2) is 22.8 Å². The zero-order chi connectivity index (χ0) is 14.4. The highest BCUT2D eigenvalue weighted by Gasteiger charge is 2.24. The van der Waals surface area contributed by atoms with Crippen molar-refractivity contribution in [3.63, 3.8) is 0 Å². The first kappa shape index (κ1) is 14.9. The number of likely N-dealkylation sites (tertiary alicyclic amines) is 1. The zero-order valence-corrected chi connectivity index (χ0v) is 12.3. The summed E-state index contributed by atoms with van der Waals surface area (Å²) in [5.74, 6) is 1.01. The van der Waals surface area contributed by atoms with E-state index in [-0.39, 0.29) is 6.09 Å². The van der Waals surface area contributed by atoms with E-state index in [1.165, 1.54) is 0 Å². The molecule has 1 unspecified atom stereocenters. The van der Waals surface area contributed by atoms with Crippen LogP contribution in [0.2, 0.25) is 0 Å². The molecule has 1 N–H and O–H groups in total. The quantitative estimate of drug-likeness (QED) is 0.900. The lowest BCUT2D eigenvalue weighted by Gasteiger charge is -2.33. The normalized spacial score (nSPS) is 18.0. The fourth-order valence-electron chi connectivity index (χ4n) is 2.64. The number of nitrogens with one attached hydrogen (secondary N) is 1. The summed E-state index contributed by atoms with van der Waals surface area (Å²) in [5.41, 5.74) is 0. The van der Waals surface area contributed by atoms with Gasteiger partial charge in [0.25, 0.3) is 0 Å². The van der Waals surface area contributed by atoms with Gasteiger partial charge in [-0.05, 0) is 38.8 Å². The molecule has 20 heavy (non-hydrogen) atoms. The largest absolute Gasteiger partial charge is 0.469 e. The molecule has 1 aromatic rings. The number of rotatable bonds is 5. The van der Waals surface area contributed by atoms with Crippen molar-refractivity contribution in [3.8, 4) is 0 Å². The Morgan fingerprint density at radius 1 is 1.55 bits per heavy atom. The van der Waals surface area contributed by atoms with E-state index >= 15 is 0 Å². The fourth-order valence-corrected chi connectivity index (χ4v) is 2.64. The van der Waals surface area contributed by atoms with Gasteiger partial charge in [0.15, 0.2) is 0 Å². The van der Waals surface area contributed by atoms with Crippen molar-refractivity contribution in [3.05, 3.63) is 24.2 Å². The third-order valence-electron chi connectivity index (χ3n) is 3.63. The molecule has 5 nitrogen and oxygen atoms in total. The van der Waals surface area contributed by atoms with Gasteiger partial charge in [0, 0.05) is 31.6 Å². The minimum absolute atomic E-state index is 0.186. The molecule has 112 valence electrons. The molecule has 0 radical (unpaired) electrons. The SMILES string of the molecule is CCOC(=O)N1CCC(NC(C)Cc2ccco2)CC1. The summed E-state index contributed by atoms with van der Waals surface area (Å²) in [6, 6.07) is 4.76. The molecule has 0 bridgehead atoms. The molecular formula is C15H24N2O3. The number of hydrogen-bond donors (Lipinski definition) is 1. The van der Waals surface area contributed by atoms with E-state index in [9.17, 15) is 4.79 Å². The summed E-state index contributed by atoms with van der Waals surface area (Å²) >= 11 is 0. The lowest BCUT2D eigenvalue weighted by atomic mass is 10.0. The summed E-state index contributed by atoms with van der Waals surface area (Å²) < 4.78 is 10.4. The second-order valence-corrected chi connectivity index (χ2v) is 5.31. The Balaban J connectivity index is 1.70. The molecule has 0 spiro atoms. The molecular weight excluding hydrogens is 256 g/mol. The first-order valence-corrected chi connectivity index (χ1v) is 7.39. The van der Waals surface area contributed by atoms with Gasteiger partial charge >= 0.3 is 6.09 Å². The van der Waals surface area contributed by atoms with E-state index in [1.54, 1.807) is 11.2 Å². The number of piperidine rings is 1. The molecule has 0 aliphatic carbocycles. The smallest absolute Gasteiger partial charge is 0.409 e. The number of hydrogen-bond acceptors (Lipinski definition) is 4. The number of carbonyl (C=O) groups excluding carboxylic acids is 1. The van der Waals surface area contributed by atoms with Crippen molar-refractivity contribution in [1.82, 2.24) is 10.2 Å². The highest BCUT2D eigenvalue weighted by Crippen LogP contribution is 2.13. The van der Waals surface area contributed by atoms with Gasteiger partial charge in [-0.1, -0.05) is 0 Å². The summed E-state index contributed by atoms with van der Waals surface area (Å²) in [7, 11) is 0. The average Bonchev–Trinajstić information content (AvgIpc) is 2.92. The third kappa shape index (κ3) is 4.27. The molecule has 2 rings (SSSR count). The minimum Gasteiger partial charge on any atom is -0.469 e. The van der Waals surface area contributed by atoms with Gasteiger partial charge in [0.2, 0.25) is 0 Å². The van der Waals surface area contributed by atoms with Crippen LogP contribution in [0.3, 0.4) is 0 Å². The number of ether oxygens (including phenoxy) is 1.